The fourth-order valence-corrected chi connectivity index (χ4v) is 4.11. The van der Waals surface area contributed by atoms with Gasteiger partial charge in [0.25, 0.3) is 11.8 Å². The summed E-state index contributed by atoms with van der Waals surface area (Å²) in [5, 5.41) is 12.4. The molecule has 1 fully saturated rings. The largest absolute Gasteiger partial charge is 0.324 e. The molecular weight excluding hydrogens is 406 g/mol. The summed E-state index contributed by atoms with van der Waals surface area (Å²) in [5.74, 6) is -1.30. The van der Waals surface area contributed by atoms with E-state index in [0.29, 0.717) is 10.7 Å². The maximum absolute atomic E-state index is 13.0. The van der Waals surface area contributed by atoms with Gasteiger partial charge in [0.2, 0.25) is 5.91 Å². The molecule has 0 radical (unpaired) electrons. The highest BCUT2D eigenvalue weighted by Gasteiger charge is 2.55. The summed E-state index contributed by atoms with van der Waals surface area (Å²) in [6.45, 7) is 5.64. The number of halogens is 1. The van der Waals surface area contributed by atoms with Crippen LogP contribution in [0.5, 0.6) is 0 Å². The average molecular weight is 426 g/mol. The van der Waals surface area contributed by atoms with Crippen LogP contribution >= 0.6 is 11.6 Å². The Hall–Kier alpha value is -3.26. The maximum Gasteiger partial charge on any atom is 0.263 e. The van der Waals surface area contributed by atoms with Crippen molar-refractivity contribution in [3.63, 3.8) is 0 Å². The van der Waals surface area contributed by atoms with Crippen LogP contribution < -0.4 is 10.2 Å². The lowest BCUT2D eigenvalue weighted by molar-refractivity contribution is -0.123. The predicted molar refractivity (Wildman–Crippen MR) is 112 cm³/mol. The van der Waals surface area contributed by atoms with Crippen molar-refractivity contribution in [1.82, 2.24) is 5.01 Å². The van der Waals surface area contributed by atoms with Crippen LogP contribution in [-0.2, 0) is 14.4 Å². The molecule has 2 heterocycles. The first kappa shape index (κ1) is 20.0. The molecular formula is C21H20ClN5O3. The molecule has 2 atom stereocenters. The second kappa shape index (κ2) is 7.53. The van der Waals surface area contributed by atoms with Crippen molar-refractivity contribution in [2.75, 3.05) is 16.8 Å². The van der Waals surface area contributed by atoms with Crippen LogP contribution in [0, 0.1) is 20.8 Å². The zero-order chi connectivity index (χ0) is 21.6. The first-order valence-corrected chi connectivity index (χ1v) is 9.82. The van der Waals surface area contributed by atoms with Gasteiger partial charge < -0.3 is 5.32 Å². The molecule has 154 valence electrons. The molecule has 3 amide bonds. The number of aryl methyl sites for hydroxylation is 3. The number of anilines is 2. The van der Waals surface area contributed by atoms with E-state index < -0.39 is 23.9 Å². The average Bonchev–Trinajstić information content (AvgIpc) is 3.18. The van der Waals surface area contributed by atoms with Crippen LogP contribution in [0.3, 0.4) is 0 Å². The lowest BCUT2D eigenvalue weighted by Crippen LogP contribution is -2.43. The first-order chi connectivity index (χ1) is 14.3. The highest BCUT2D eigenvalue weighted by atomic mass is 35.5. The number of nitrogens with one attached hydrogen (secondary N) is 1. The van der Waals surface area contributed by atoms with E-state index in [1.165, 1.54) is 11.1 Å². The van der Waals surface area contributed by atoms with Gasteiger partial charge in [0, 0.05) is 10.7 Å². The third kappa shape index (κ3) is 3.43. The third-order valence-electron chi connectivity index (χ3n) is 5.17. The number of rotatable bonds is 4. The van der Waals surface area contributed by atoms with E-state index in [9.17, 15) is 14.4 Å². The summed E-state index contributed by atoms with van der Waals surface area (Å²) >= 11 is 5.99. The van der Waals surface area contributed by atoms with E-state index in [0.717, 1.165) is 27.3 Å². The molecule has 0 aromatic heterocycles. The van der Waals surface area contributed by atoms with Crippen LogP contribution in [0.4, 0.5) is 11.4 Å². The molecule has 9 heteroatoms. The Morgan fingerprint density at radius 3 is 2.47 bits per heavy atom. The number of carbonyl (C=O) groups is 3. The van der Waals surface area contributed by atoms with Crippen LogP contribution in [-0.4, -0.2) is 41.4 Å². The quantitative estimate of drug-likeness (QED) is 0.761. The molecule has 0 spiro atoms. The van der Waals surface area contributed by atoms with Crippen molar-refractivity contribution < 1.29 is 14.4 Å². The summed E-state index contributed by atoms with van der Waals surface area (Å²) in [6, 6.07) is 8.53. The molecule has 0 aliphatic carbocycles. The lowest BCUT2D eigenvalue weighted by Gasteiger charge is -2.21. The van der Waals surface area contributed by atoms with E-state index in [-0.39, 0.29) is 12.5 Å². The van der Waals surface area contributed by atoms with Crippen LogP contribution in [0.15, 0.2) is 46.7 Å². The minimum atomic E-state index is -0.966. The number of fused-ring (bicyclic) bond motifs is 1. The zero-order valence-electron chi connectivity index (χ0n) is 16.7. The Balaban J connectivity index is 1.51. The Bertz CT molecular complexity index is 1080. The number of amides is 3. The van der Waals surface area contributed by atoms with Gasteiger partial charge in [-0.1, -0.05) is 40.6 Å². The fraction of sp³-hybridized carbons (Fsp3) is 0.286. The molecule has 2 aromatic carbocycles. The van der Waals surface area contributed by atoms with E-state index in [2.05, 4.69) is 15.7 Å². The molecule has 1 saturated heterocycles. The Morgan fingerprint density at radius 1 is 1.10 bits per heavy atom. The van der Waals surface area contributed by atoms with Crippen molar-refractivity contribution in [3.8, 4) is 0 Å². The van der Waals surface area contributed by atoms with Crippen molar-refractivity contribution in [1.29, 1.82) is 0 Å². The van der Waals surface area contributed by atoms with Gasteiger partial charge in [-0.15, -0.1) is 0 Å². The summed E-state index contributed by atoms with van der Waals surface area (Å²) in [4.78, 5) is 39.4. The summed E-state index contributed by atoms with van der Waals surface area (Å²) in [5.41, 5.74) is 4.10. The topological polar surface area (TPSA) is 94.4 Å². The number of benzene rings is 2. The predicted octanol–water partition coefficient (Wildman–Crippen LogP) is 3.20. The third-order valence-corrected chi connectivity index (χ3v) is 5.41. The highest BCUT2D eigenvalue weighted by Crippen LogP contribution is 2.32. The first-order valence-electron chi connectivity index (χ1n) is 9.45. The lowest BCUT2D eigenvalue weighted by atomic mass is 10.1. The molecule has 2 aromatic rings. The normalized spacial score (nSPS) is 20.1. The van der Waals surface area contributed by atoms with Gasteiger partial charge in [0.05, 0.1) is 5.69 Å². The molecule has 4 rings (SSSR count). The van der Waals surface area contributed by atoms with Gasteiger partial charge in [-0.05, 0) is 50.1 Å². The monoisotopic (exact) mass is 425 g/mol. The Kier molecular flexibility index (Phi) is 5.03. The van der Waals surface area contributed by atoms with E-state index in [1.54, 1.807) is 18.2 Å². The molecule has 0 saturated carbocycles. The van der Waals surface area contributed by atoms with Crippen LogP contribution in [0.25, 0.3) is 0 Å². The maximum atomic E-state index is 13.0. The molecule has 0 bridgehead atoms. The standard InChI is InChI=1S/C21H20ClN5O3/c1-11-7-12(2)17(13(3)8-11)23-16(28)10-26-19-18(24-25-26)20(29)27(21(19)30)15-6-4-5-14(22)9-15/h4-9,18-19H,10H2,1-3H3,(H,23,28). The van der Waals surface area contributed by atoms with Crippen molar-refractivity contribution in [2.45, 2.75) is 32.9 Å². The van der Waals surface area contributed by atoms with Gasteiger partial charge in [0.15, 0.2) is 12.1 Å². The van der Waals surface area contributed by atoms with Gasteiger partial charge in [-0.25, -0.2) is 4.90 Å². The fourth-order valence-electron chi connectivity index (χ4n) is 3.93. The molecule has 8 nitrogen and oxygen atoms in total. The van der Waals surface area contributed by atoms with Crippen LogP contribution in [0.1, 0.15) is 16.7 Å². The molecule has 2 aliphatic heterocycles. The van der Waals surface area contributed by atoms with Gasteiger partial charge in [0.1, 0.15) is 6.54 Å². The van der Waals surface area contributed by atoms with Crippen molar-refractivity contribution in [2.24, 2.45) is 10.3 Å². The summed E-state index contributed by atoms with van der Waals surface area (Å²) in [6.07, 6.45) is 0. The minimum Gasteiger partial charge on any atom is -0.324 e. The number of carbonyl (C=O) groups excluding carboxylic acids is 3. The highest BCUT2D eigenvalue weighted by molar-refractivity contribution is 6.31. The second-order valence-electron chi connectivity index (χ2n) is 7.51. The number of imide groups is 1. The summed E-state index contributed by atoms with van der Waals surface area (Å²) < 4.78 is 0. The van der Waals surface area contributed by atoms with Gasteiger partial charge >= 0.3 is 0 Å². The van der Waals surface area contributed by atoms with Crippen LogP contribution in [0.2, 0.25) is 5.02 Å². The van der Waals surface area contributed by atoms with Gasteiger partial charge in [-0.3, -0.25) is 19.4 Å². The number of hydrogen-bond donors (Lipinski definition) is 1. The summed E-state index contributed by atoms with van der Waals surface area (Å²) in [7, 11) is 0. The van der Waals surface area contributed by atoms with E-state index in [1.807, 2.05) is 32.9 Å². The molecule has 2 unspecified atom stereocenters. The van der Waals surface area contributed by atoms with Gasteiger partial charge in [-0.2, -0.15) is 5.11 Å². The Morgan fingerprint density at radius 2 is 1.80 bits per heavy atom. The SMILES string of the molecule is Cc1cc(C)c(NC(=O)CN2N=NC3C(=O)N(c4cccc(Cl)c4)C(=O)C32)c(C)c1. The molecule has 30 heavy (non-hydrogen) atoms. The molecule has 1 N–H and O–H groups in total. The molecule has 2 aliphatic rings. The van der Waals surface area contributed by atoms with E-state index in [4.69, 9.17) is 11.6 Å². The number of nitrogens with zero attached hydrogens (tertiary/aromatic N) is 4. The van der Waals surface area contributed by atoms with E-state index >= 15 is 0 Å². The minimum absolute atomic E-state index is 0.195. The van der Waals surface area contributed by atoms with Crippen molar-refractivity contribution >= 4 is 40.7 Å². The number of hydrogen-bond acceptors (Lipinski definition) is 6. The second-order valence-corrected chi connectivity index (χ2v) is 7.94. The Labute approximate surface area is 178 Å². The van der Waals surface area contributed by atoms with Crippen molar-refractivity contribution in [3.05, 3.63) is 58.1 Å². The smallest absolute Gasteiger partial charge is 0.263 e. The zero-order valence-corrected chi connectivity index (χ0v) is 17.5.